The van der Waals surface area contributed by atoms with E-state index >= 15 is 0 Å². The number of amides is 2. The molecule has 1 aromatic heterocycles. The zero-order chi connectivity index (χ0) is 25.7. The van der Waals surface area contributed by atoms with Crippen molar-refractivity contribution in [1.29, 1.82) is 0 Å². The van der Waals surface area contributed by atoms with Crippen LogP contribution in [0, 0.1) is 0 Å². The Labute approximate surface area is 215 Å². The second kappa shape index (κ2) is 20.4. The number of carbonyl (C=O) groups excluding carboxylic acids is 2. The number of nitrogens with zero attached hydrogens (tertiary/aromatic N) is 2. The number of nitrogens with one attached hydrogen (secondary N) is 1. The SMILES string of the molecule is CCCCCCCCCCCC(=O)N(CCC(=O)NC(C)CCCN(CC)CC)Cc1ccco1. The van der Waals surface area contributed by atoms with Crippen LogP contribution in [0.3, 0.4) is 0 Å². The fraction of sp³-hybridized carbons (Fsp3) is 0.793. The lowest BCUT2D eigenvalue weighted by Gasteiger charge is -2.23. The molecule has 1 aromatic rings. The van der Waals surface area contributed by atoms with E-state index in [1.165, 1.54) is 44.9 Å². The number of carbonyl (C=O) groups is 2. The second-order valence-electron chi connectivity index (χ2n) is 9.86. The van der Waals surface area contributed by atoms with Crippen LogP contribution in [0.25, 0.3) is 0 Å². The van der Waals surface area contributed by atoms with Crippen LogP contribution in [-0.4, -0.2) is 53.8 Å². The van der Waals surface area contributed by atoms with Gasteiger partial charge in [0.05, 0.1) is 12.8 Å². The van der Waals surface area contributed by atoms with E-state index in [9.17, 15) is 9.59 Å². The van der Waals surface area contributed by atoms with E-state index < -0.39 is 0 Å². The minimum Gasteiger partial charge on any atom is -0.467 e. The Hall–Kier alpha value is -1.82. The van der Waals surface area contributed by atoms with Gasteiger partial charge in [0.1, 0.15) is 5.76 Å². The first-order valence-electron chi connectivity index (χ1n) is 14.3. The van der Waals surface area contributed by atoms with Crippen LogP contribution in [0.4, 0.5) is 0 Å². The topological polar surface area (TPSA) is 65.8 Å². The summed E-state index contributed by atoms with van der Waals surface area (Å²) in [5.41, 5.74) is 0. The summed E-state index contributed by atoms with van der Waals surface area (Å²) < 4.78 is 5.47. The van der Waals surface area contributed by atoms with Gasteiger partial charge < -0.3 is 19.5 Å². The Morgan fingerprint density at radius 2 is 1.54 bits per heavy atom. The molecule has 0 aliphatic carbocycles. The van der Waals surface area contributed by atoms with Crippen LogP contribution < -0.4 is 5.32 Å². The van der Waals surface area contributed by atoms with E-state index in [1.807, 2.05) is 12.1 Å². The van der Waals surface area contributed by atoms with Crippen molar-refractivity contribution in [1.82, 2.24) is 15.1 Å². The summed E-state index contributed by atoms with van der Waals surface area (Å²) in [6.45, 7) is 12.7. The predicted molar refractivity (Wildman–Crippen MR) is 145 cm³/mol. The number of rotatable bonds is 22. The molecular formula is C29H53N3O3. The Morgan fingerprint density at radius 3 is 2.14 bits per heavy atom. The second-order valence-corrected chi connectivity index (χ2v) is 9.86. The molecule has 0 bridgehead atoms. The minimum atomic E-state index is 0.0145. The number of hydrogen-bond acceptors (Lipinski definition) is 4. The molecule has 1 heterocycles. The van der Waals surface area contributed by atoms with Gasteiger partial charge in [-0.2, -0.15) is 0 Å². The molecule has 6 nitrogen and oxygen atoms in total. The maximum absolute atomic E-state index is 12.9. The molecule has 0 saturated carbocycles. The van der Waals surface area contributed by atoms with Crippen molar-refractivity contribution in [2.24, 2.45) is 0 Å². The van der Waals surface area contributed by atoms with E-state index in [0.29, 0.717) is 25.9 Å². The zero-order valence-electron chi connectivity index (χ0n) is 23.2. The molecule has 0 radical (unpaired) electrons. The first-order valence-corrected chi connectivity index (χ1v) is 14.3. The van der Waals surface area contributed by atoms with Gasteiger partial charge in [0.15, 0.2) is 0 Å². The Bertz CT molecular complexity index is 644. The van der Waals surface area contributed by atoms with Crippen molar-refractivity contribution < 1.29 is 14.0 Å². The summed E-state index contributed by atoms with van der Waals surface area (Å²) in [5, 5.41) is 3.11. The highest BCUT2D eigenvalue weighted by molar-refractivity contribution is 5.79. The van der Waals surface area contributed by atoms with Crippen molar-refractivity contribution in [3.05, 3.63) is 24.2 Å². The number of unbranched alkanes of at least 4 members (excludes halogenated alkanes) is 8. The number of hydrogen-bond donors (Lipinski definition) is 1. The standard InChI is InChI=1S/C29H53N3O3/c1-5-8-9-10-11-12-13-14-15-20-29(34)32(25-27-19-17-24-35-27)23-21-28(33)30-26(4)18-16-22-31(6-2)7-3/h17,19,24,26H,5-16,18,20-23,25H2,1-4H3,(H,30,33). The van der Waals surface area contributed by atoms with E-state index in [1.54, 1.807) is 11.2 Å². The maximum atomic E-state index is 12.9. The van der Waals surface area contributed by atoms with Gasteiger partial charge in [0.25, 0.3) is 0 Å². The molecule has 6 heteroatoms. The fourth-order valence-electron chi connectivity index (χ4n) is 4.44. The summed E-state index contributed by atoms with van der Waals surface area (Å²) in [6, 6.07) is 3.87. The van der Waals surface area contributed by atoms with E-state index in [0.717, 1.165) is 51.1 Å². The van der Waals surface area contributed by atoms with Gasteiger partial charge in [-0.1, -0.05) is 72.1 Å². The summed E-state index contributed by atoms with van der Waals surface area (Å²) in [6.07, 6.45) is 15.6. The third-order valence-corrected chi connectivity index (χ3v) is 6.80. The molecule has 1 unspecified atom stereocenters. The van der Waals surface area contributed by atoms with Crippen LogP contribution >= 0.6 is 0 Å². The molecule has 2 amide bonds. The molecule has 35 heavy (non-hydrogen) atoms. The van der Waals surface area contributed by atoms with Crippen LogP contribution in [0.2, 0.25) is 0 Å². The smallest absolute Gasteiger partial charge is 0.222 e. The summed E-state index contributed by atoms with van der Waals surface area (Å²) >= 11 is 0. The molecule has 202 valence electrons. The molecule has 1 atom stereocenters. The fourth-order valence-corrected chi connectivity index (χ4v) is 4.44. The summed E-state index contributed by atoms with van der Waals surface area (Å²) in [4.78, 5) is 29.6. The Kier molecular flexibility index (Phi) is 18.2. The zero-order valence-corrected chi connectivity index (χ0v) is 23.2. The first-order chi connectivity index (χ1) is 17.0. The molecule has 0 fully saturated rings. The average molecular weight is 492 g/mol. The highest BCUT2D eigenvalue weighted by Gasteiger charge is 2.17. The van der Waals surface area contributed by atoms with Gasteiger partial charge >= 0.3 is 0 Å². The Balaban J connectivity index is 2.35. The van der Waals surface area contributed by atoms with Gasteiger partial charge in [-0.3, -0.25) is 9.59 Å². The van der Waals surface area contributed by atoms with Crippen LogP contribution in [0.5, 0.6) is 0 Å². The van der Waals surface area contributed by atoms with Crippen LogP contribution in [-0.2, 0) is 16.1 Å². The van der Waals surface area contributed by atoms with Crippen molar-refractivity contribution in [3.63, 3.8) is 0 Å². The largest absolute Gasteiger partial charge is 0.467 e. The molecule has 0 aromatic carbocycles. The quantitative estimate of drug-likeness (QED) is 0.187. The normalized spacial score (nSPS) is 12.1. The Morgan fingerprint density at radius 1 is 0.886 bits per heavy atom. The molecule has 1 N–H and O–H groups in total. The predicted octanol–water partition coefficient (Wildman–Crippen LogP) is 6.55. The van der Waals surface area contributed by atoms with E-state index in [4.69, 9.17) is 4.42 Å². The average Bonchev–Trinajstić information content (AvgIpc) is 3.36. The van der Waals surface area contributed by atoms with E-state index in [-0.39, 0.29) is 17.9 Å². The lowest BCUT2D eigenvalue weighted by atomic mass is 10.1. The van der Waals surface area contributed by atoms with Crippen molar-refractivity contribution in [2.75, 3.05) is 26.2 Å². The molecule has 1 rings (SSSR count). The van der Waals surface area contributed by atoms with E-state index in [2.05, 4.69) is 37.9 Å². The highest BCUT2D eigenvalue weighted by atomic mass is 16.3. The van der Waals surface area contributed by atoms with Gasteiger partial charge in [-0.05, 0) is 58.0 Å². The summed E-state index contributed by atoms with van der Waals surface area (Å²) in [5.74, 6) is 0.890. The minimum absolute atomic E-state index is 0.0145. The van der Waals surface area contributed by atoms with Gasteiger partial charge in [0, 0.05) is 25.4 Å². The van der Waals surface area contributed by atoms with Gasteiger partial charge in [-0.15, -0.1) is 0 Å². The monoisotopic (exact) mass is 491 g/mol. The molecule has 0 aliphatic heterocycles. The number of furan rings is 1. The van der Waals surface area contributed by atoms with Gasteiger partial charge in [-0.25, -0.2) is 0 Å². The van der Waals surface area contributed by atoms with Crippen LogP contribution in [0.15, 0.2) is 22.8 Å². The highest BCUT2D eigenvalue weighted by Crippen LogP contribution is 2.13. The third kappa shape index (κ3) is 15.7. The van der Waals surface area contributed by atoms with Crippen molar-refractivity contribution in [3.8, 4) is 0 Å². The van der Waals surface area contributed by atoms with Crippen molar-refractivity contribution in [2.45, 2.75) is 124 Å². The lowest BCUT2D eigenvalue weighted by Crippen LogP contribution is -2.37. The maximum Gasteiger partial charge on any atom is 0.222 e. The molecular weight excluding hydrogens is 438 g/mol. The lowest BCUT2D eigenvalue weighted by molar-refractivity contribution is -0.133. The first kappa shape index (κ1) is 31.2. The van der Waals surface area contributed by atoms with Gasteiger partial charge in [0.2, 0.25) is 11.8 Å². The molecule has 0 aliphatic rings. The van der Waals surface area contributed by atoms with Crippen LogP contribution in [0.1, 0.15) is 117 Å². The molecule has 0 spiro atoms. The summed E-state index contributed by atoms with van der Waals surface area (Å²) in [7, 11) is 0. The van der Waals surface area contributed by atoms with Crippen molar-refractivity contribution >= 4 is 11.8 Å². The third-order valence-electron chi connectivity index (χ3n) is 6.80. The molecule has 0 saturated heterocycles.